The Morgan fingerprint density at radius 3 is 2.38 bits per heavy atom. The third-order valence-corrected chi connectivity index (χ3v) is 4.49. The number of hydrogen-bond acceptors (Lipinski definition) is 9. The zero-order chi connectivity index (χ0) is 18.9. The average Bonchev–Trinajstić information content (AvgIpc) is 3.05. The normalized spacial score (nSPS) is 34.2. The van der Waals surface area contributed by atoms with Crippen LogP contribution < -0.4 is 0 Å². The van der Waals surface area contributed by atoms with Crippen molar-refractivity contribution >= 4 is 0 Å². The molecule has 0 bridgehead atoms. The van der Waals surface area contributed by atoms with Crippen LogP contribution in [0, 0.1) is 0 Å². The molecule has 9 heteroatoms. The number of benzene rings is 1. The number of aliphatic hydroxyl groups is 4. The van der Waals surface area contributed by atoms with Crippen molar-refractivity contribution < 1.29 is 44.4 Å². The molecule has 1 aromatic rings. The Morgan fingerprint density at radius 1 is 1.08 bits per heavy atom. The van der Waals surface area contributed by atoms with E-state index in [-0.39, 0.29) is 6.61 Å². The van der Waals surface area contributed by atoms with E-state index in [1.54, 1.807) is 13.8 Å². The minimum atomic E-state index is -2.18. The Kier molecular flexibility index (Phi) is 5.63. The third kappa shape index (κ3) is 3.50. The molecule has 2 aliphatic rings. The van der Waals surface area contributed by atoms with E-state index in [2.05, 4.69) is 0 Å². The molecule has 0 amide bonds. The number of ether oxygens (including phenoxy) is 3. The monoisotopic (exact) mass is 372 g/mol. The van der Waals surface area contributed by atoms with Gasteiger partial charge in [-0.15, -0.1) is 0 Å². The smallest absolute Gasteiger partial charge is 0.191 e. The van der Waals surface area contributed by atoms with Crippen LogP contribution >= 0.6 is 0 Å². The van der Waals surface area contributed by atoms with E-state index in [1.165, 1.54) is 0 Å². The molecule has 0 spiro atoms. The van der Waals surface area contributed by atoms with Crippen LogP contribution in [0.25, 0.3) is 0 Å². The van der Waals surface area contributed by atoms with Gasteiger partial charge in [0, 0.05) is 0 Å². The molecular weight excluding hydrogens is 348 g/mol. The molecule has 2 heterocycles. The first-order chi connectivity index (χ1) is 12.3. The molecule has 1 unspecified atom stereocenters. The highest BCUT2D eigenvalue weighted by Gasteiger charge is 2.68. The van der Waals surface area contributed by atoms with Crippen LogP contribution in [0.1, 0.15) is 19.4 Å². The predicted molar refractivity (Wildman–Crippen MR) is 85.1 cm³/mol. The van der Waals surface area contributed by atoms with Gasteiger partial charge in [-0.25, -0.2) is 9.78 Å². The molecule has 26 heavy (non-hydrogen) atoms. The fraction of sp³-hybridized carbons (Fsp3) is 0.647. The maximum absolute atomic E-state index is 10.2. The molecule has 2 fully saturated rings. The summed E-state index contributed by atoms with van der Waals surface area (Å²) in [5.74, 6) is -0.993. The van der Waals surface area contributed by atoms with E-state index in [9.17, 15) is 20.4 Å². The van der Waals surface area contributed by atoms with Crippen molar-refractivity contribution in [2.75, 3.05) is 6.61 Å². The van der Waals surface area contributed by atoms with Crippen molar-refractivity contribution in [2.45, 2.75) is 62.7 Å². The van der Waals surface area contributed by atoms with E-state index in [1.807, 2.05) is 30.3 Å². The lowest BCUT2D eigenvalue weighted by atomic mass is 9.88. The van der Waals surface area contributed by atoms with Gasteiger partial charge in [0.15, 0.2) is 30.1 Å². The summed E-state index contributed by atoms with van der Waals surface area (Å²) in [6.45, 7) is 2.61. The summed E-state index contributed by atoms with van der Waals surface area (Å²) in [6.07, 6.45) is -7.05. The van der Waals surface area contributed by atoms with Crippen LogP contribution in [-0.2, 0) is 30.6 Å². The standard InChI is InChI=1S/C17H24O9/c1-16(2)23-12-13(26-22-9-10-6-4-3-5-7-10)17(15(20)21,11(19)8-18)25-14(12)24-16/h3-7,11-15,18-21H,8-9H2,1-2H3/t11-,12-,13-,14?,17-/m1/s1. The first-order valence-electron chi connectivity index (χ1n) is 8.31. The van der Waals surface area contributed by atoms with Crippen molar-refractivity contribution in [1.29, 1.82) is 0 Å². The van der Waals surface area contributed by atoms with Crippen molar-refractivity contribution in [2.24, 2.45) is 0 Å². The number of fused-ring (bicyclic) bond motifs is 1. The summed E-state index contributed by atoms with van der Waals surface area (Å²) in [5, 5.41) is 39.4. The quantitative estimate of drug-likeness (QED) is 0.282. The maximum atomic E-state index is 10.2. The molecule has 1 aromatic carbocycles. The second-order valence-corrected chi connectivity index (χ2v) is 6.78. The zero-order valence-corrected chi connectivity index (χ0v) is 14.5. The van der Waals surface area contributed by atoms with Crippen LogP contribution in [0.2, 0.25) is 0 Å². The number of aliphatic hydroxyl groups excluding tert-OH is 3. The van der Waals surface area contributed by atoms with Crippen LogP contribution in [0.4, 0.5) is 0 Å². The molecule has 0 radical (unpaired) electrons. The highest BCUT2D eigenvalue weighted by Crippen LogP contribution is 2.46. The van der Waals surface area contributed by atoms with Crippen molar-refractivity contribution in [1.82, 2.24) is 0 Å². The molecule has 0 saturated carbocycles. The molecule has 5 atom stereocenters. The van der Waals surface area contributed by atoms with Gasteiger partial charge in [0.05, 0.1) is 6.61 Å². The Morgan fingerprint density at radius 2 is 1.77 bits per heavy atom. The highest BCUT2D eigenvalue weighted by atomic mass is 17.2. The van der Waals surface area contributed by atoms with Gasteiger partial charge in [-0.05, 0) is 19.4 Å². The molecule has 0 aromatic heterocycles. The summed E-state index contributed by atoms with van der Waals surface area (Å²) < 4.78 is 16.9. The molecule has 0 aliphatic carbocycles. The van der Waals surface area contributed by atoms with Gasteiger partial charge in [-0.3, -0.25) is 0 Å². The highest BCUT2D eigenvalue weighted by molar-refractivity contribution is 5.13. The van der Waals surface area contributed by atoms with E-state index in [4.69, 9.17) is 24.0 Å². The van der Waals surface area contributed by atoms with Gasteiger partial charge in [0.25, 0.3) is 0 Å². The first kappa shape index (κ1) is 19.6. The van der Waals surface area contributed by atoms with Crippen molar-refractivity contribution in [3.05, 3.63) is 35.9 Å². The third-order valence-electron chi connectivity index (χ3n) is 4.49. The predicted octanol–water partition coefficient (Wildman–Crippen LogP) is -0.586. The Bertz CT molecular complexity index is 593. The second-order valence-electron chi connectivity index (χ2n) is 6.78. The van der Waals surface area contributed by atoms with Gasteiger partial charge >= 0.3 is 0 Å². The van der Waals surface area contributed by atoms with Gasteiger partial charge in [-0.2, -0.15) is 0 Å². The SMILES string of the molecule is CC1(C)OC2O[C@](C(O)O)([C@H](O)CO)[C@H](OOCc3ccccc3)[C@H]2O1. The van der Waals surface area contributed by atoms with Gasteiger partial charge in [0.2, 0.25) is 0 Å². The van der Waals surface area contributed by atoms with Crippen LogP contribution in [0.3, 0.4) is 0 Å². The molecule has 3 rings (SSSR count). The molecule has 2 aliphatic heterocycles. The lowest BCUT2D eigenvalue weighted by molar-refractivity contribution is -0.395. The largest absolute Gasteiger partial charge is 0.394 e. The Balaban J connectivity index is 1.80. The van der Waals surface area contributed by atoms with E-state index in [0.29, 0.717) is 0 Å². The Hall–Kier alpha value is -1.14. The first-order valence-corrected chi connectivity index (χ1v) is 8.31. The van der Waals surface area contributed by atoms with Gasteiger partial charge in [-0.1, -0.05) is 30.3 Å². The minimum Gasteiger partial charge on any atom is -0.394 e. The molecular formula is C17H24O9. The topological polar surface area (TPSA) is 127 Å². The summed E-state index contributed by atoms with van der Waals surface area (Å²) in [7, 11) is 0. The van der Waals surface area contributed by atoms with Crippen LogP contribution in [0.5, 0.6) is 0 Å². The van der Waals surface area contributed by atoms with Crippen LogP contribution in [0.15, 0.2) is 30.3 Å². The summed E-state index contributed by atoms with van der Waals surface area (Å²) >= 11 is 0. The maximum Gasteiger partial charge on any atom is 0.191 e. The zero-order valence-electron chi connectivity index (χ0n) is 14.5. The fourth-order valence-electron chi connectivity index (χ4n) is 3.25. The second kappa shape index (κ2) is 7.47. The van der Waals surface area contributed by atoms with E-state index >= 15 is 0 Å². The minimum absolute atomic E-state index is 0.0752. The van der Waals surface area contributed by atoms with E-state index in [0.717, 1.165) is 5.56 Å². The summed E-state index contributed by atoms with van der Waals surface area (Å²) in [5.41, 5.74) is -1.28. The number of rotatable bonds is 7. The average molecular weight is 372 g/mol. The lowest BCUT2D eigenvalue weighted by Crippen LogP contribution is -2.62. The molecule has 146 valence electrons. The van der Waals surface area contributed by atoms with Gasteiger partial charge < -0.3 is 34.6 Å². The van der Waals surface area contributed by atoms with Crippen LogP contribution in [-0.4, -0.2) is 69.3 Å². The molecule has 4 N–H and O–H groups in total. The summed E-state index contributed by atoms with van der Waals surface area (Å²) in [6, 6.07) is 9.18. The van der Waals surface area contributed by atoms with Crippen molar-refractivity contribution in [3.8, 4) is 0 Å². The molecule has 2 saturated heterocycles. The number of hydrogen-bond donors (Lipinski definition) is 4. The van der Waals surface area contributed by atoms with Crippen molar-refractivity contribution in [3.63, 3.8) is 0 Å². The summed E-state index contributed by atoms with van der Waals surface area (Å²) in [4.78, 5) is 10.6. The Labute approximate surface area is 150 Å². The molecule has 9 nitrogen and oxygen atoms in total. The lowest BCUT2D eigenvalue weighted by Gasteiger charge is -2.39. The van der Waals surface area contributed by atoms with Gasteiger partial charge in [0.1, 0.15) is 18.8 Å². The van der Waals surface area contributed by atoms with E-state index < -0.39 is 48.9 Å². The fourth-order valence-corrected chi connectivity index (χ4v) is 3.25.